The van der Waals surface area contributed by atoms with Crippen LogP contribution in [0.25, 0.3) is 22.4 Å². The quantitative estimate of drug-likeness (QED) is 0.777. The first kappa shape index (κ1) is 12.6. The summed E-state index contributed by atoms with van der Waals surface area (Å²) in [5.74, 6) is 1.28. The van der Waals surface area contributed by atoms with E-state index < -0.39 is 0 Å². The van der Waals surface area contributed by atoms with Crippen molar-refractivity contribution in [2.24, 2.45) is 0 Å². The summed E-state index contributed by atoms with van der Waals surface area (Å²) in [7, 11) is 0. The third kappa shape index (κ3) is 2.34. The average molecular weight is 283 g/mol. The fourth-order valence-electron chi connectivity index (χ4n) is 2.88. The maximum atomic E-state index is 5.54. The zero-order valence-electron chi connectivity index (χ0n) is 11.7. The van der Waals surface area contributed by atoms with Crippen molar-refractivity contribution >= 4 is 11.0 Å². The molecule has 4 rings (SSSR count). The van der Waals surface area contributed by atoms with E-state index in [0.29, 0.717) is 11.7 Å². The number of hydrogen-bond acceptors (Lipinski definition) is 5. The van der Waals surface area contributed by atoms with E-state index in [-0.39, 0.29) is 6.04 Å². The molecule has 5 nitrogen and oxygen atoms in total. The summed E-state index contributed by atoms with van der Waals surface area (Å²) in [6, 6.07) is 8.05. The van der Waals surface area contributed by atoms with Gasteiger partial charge in [-0.05, 0) is 25.5 Å². The lowest BCUT2D eigenvalue weighted by Crippen LogP contribution is -2.20. The van der Waals surface area contributed by atoms with Crippen molar-refractivity contribution < 1.29 is 8.94 Å². The summed E-state index contributed by atoms with van der Waals surface area (Å²) in [5.41, 5.74) is 1.72. The van der Waals surface area contributed by atoms with Gasteiger partial charge in [0.25, 0.3) is 0 Å². The second-order valence-corrected chi connectivity index (χ2v) is 5.46. The van der Waals surface area contributed by atoms with Crippen LogP contribution in [0.2, 0.25) is 0 Å². The normalized spacial score (nSPS) is 19.7. The molecule has 0 aliphatic carbocycles. The zero-order valence-corrected chi connectivity index (χ0v) is 11.7. The van der Waals surface area contributed by atoms with Crippen molar-refractivity contribution in [3.05, 3.63) is 36.4 Å². The van der Waals surface area contributed by atoms with E-state index in [1.54, 1.807) is 6.26 Å². The molecule has 0 amide bonds. The fourth-order valence-corrected chi connectivity index (χ4v) is 2.88. The molecular weight excluding hydrogens is 266 g/mol. The largest absolute Gasteiger partial charge is 0.464 e. The number of fused-ring (bicyclic) bond motifs is 1. The Morgan fingerprint density at radius 2 is 2.10 bits per heavy atom. The van der Waals surface area contributed by atoms with Gasteiger partial charge in [0, 0.05) is 5.39 Å². The van der Waals surface area contributed by atoms with Crippen LogP contribution in [0.3, 0.4) is 0 Å². The van der Waals surface area contributed by atoms with Crippen LogP contribution in [0.5, 0.6) is 0 Å². The number of para-hydroxylation sites is 1. The van der Waals surface area contributed by atoms with Gasteiger partial charge >= 0.3 is 0 Å². The highest BCUT2D eigenvalue weighted by Crippen LogP contribution is 2.30. The molecule has 1 unspecified atom stereocenters. The highest BCUT2D eigenvalue weighted by molar-refractivity contribution is 5.91. The number of rotatable bonds is 2. The molecule has 1 aliphatic heterocycles. The minimum atomic E-state index is 0.173. The predicted molar refractivity (Wildman–Crippen MR) is 78.7 cm³/mol. The number of aromatic nitrogens is 2. The van der Waals surface area contributed by atoms with Gasteiger partial charge < -0.3 is 14.3 Å². The molecule has 0 bridgehead atoms. The Hall–Kier alpha value is -2.14. The molecule has 1 N–H and O–H groups in total. The molecule has 0 spiro atoms. The molecule has 1 aromatic carbocycles. The van der Waals surface area contributed by atoms with Gasteiger partial charge in [-0.2, -0.15) is 4.98 Å². The molecule has 108 valence electrons. The van der Waals surface area contributed by atoms with Crippen LogP contribution < -0.4 is 5.32 Å². The molecule has 1 fully saturated rings. The summed E-state index contributed by atoms with van der Waals surface area (Å²) >= 11 is 0. The van der Waals surface area contributed by atoms with Crippen LogP contribution >= 0.6 is 0 Å². The summed E-state index contributed by atoms with van der Waals surface area (Å²) in [6.07, 6.45) is 6.42. The minimum absolute atomic E-state index is 0.173. The van der Waals surface area contributed by atoms with Crippen molar-refractivity contribution in [3.63, 3.8) is 0 Å². The van der Waals surface area contributed by atoms with Crippen LogP contribution in [-0.2, 0) is 0 Å². The topological polar surface area (TPSA) is 64.1 Å². The SMILES string of the molecule is c1ccc2c(-c3noc(C4CCCCCN4)n3)coc2c1. The second-order valence-electron chi connectivity index (χ2n) is 5.46. The monoisotopic (exact) mass is 283 g/mol. The smallest absolute Gasteiger partial charge is 0.244 e. The van der Waals surface area contributed by atoms with Crippen LogP contribution in [0.15, 0.2) is 39.5 Å². The van der Waals surface area contributed by atoms with Crippen LogP contribution in [0, 0.1) is 0 Å². The second kappa shape index (κ2) is 5.33. The Kier molecular flexibility index (Phi) is 3.20. The molecule has 3 aromatic rings. The lowest BCUT2D eigenvalue weighted by Gasteiger charge is -2.09. The number of nitrogens with one attached hydrogen (secondary N) is 1. The van der Waals surface area contributed by atoms with E-state index in [1.165, 1.54) is 19.3 Å². The van der Waals surface area contributed by atoms with Crippen LogP contribution in [0.4, 0.5) is 0 Å². The van der Waals surface area contributed by atoms with Crippen LogP contribution in [-0.4, -0.2) is 16.7 Å². The minimum Gasteiger partial charge on any atom is -0.464 e. The highest BCUT2D eigenvalue weighted by atomic mass is 16.5. The van der Waals surface area contributed by atoms with E-state index in [4.69, 9.17) is 8.94 Å². The van der Waals surface area contributed by atoms with E-state index >= 15 is 0 Å². The van der Waals surface area contributed by atoms with Crippen molar-refractivity contribution in [2.45, 2.75) is 31.7 Å². The molecular formula is C16H17N3O2. The van der Waals surface area contributed by atoms with E-state index in [9.17, 15) is 0 Å². The number of benzene rings is 1. The molecule has 0 radical (unpaired) electrons. The molecule has 2 aromatic heterocycles. The van der Waals surface area contributed by atoms with Gasteiger partial charge in [0.2, 0.25) is 11.7 Å². The van der Waals surface area contributed by atoms with Crippen molar-refractivity contribution in [1.82, 2.24) is 15.5 Å². The first-order chi connectivity index (χ1) is 10.4. The Bertz CT molecular complexity index is 739. The third-order valence-corrected chi connectivity index (χ3v) is 4.02. The molecule has 3 heterocycles. The molecule has 1 atom stereocenters. The van der Waals surface area contributed by atoms with Gasteiger partial charge in [0.1, 0.15) is 11.8 Å². The summed E-state index contributed by atoms with van der Waals surface area (Å²) in [6.45, 7) is 1.01. The maximum Gasteiger partial charge on any atom is 0.244 e. The summed E-state index contributed by atoms with van der Waals surface area (Å²) in [4.78, 5) is 4.57. The molecule has 1 aliphatic rings. The zero-order chi connectivity index (χ0) is 14.1. The molecule has 5 heteroatoms. The molecule has 0 saturated carbocycles. The van der Waals surface area contributed by atoms with Gasteiger partial charge in [0.15, 0.2) is 0 Å². The van der Waals surface area contributed by atoms with Gasteiger partial charge in [0.05, 0.1) is 11.6 Å². The first-order valence-corrected chi connectivity index (χ1v) is 7.45. The van der Waals surface area contributed by atoms with E-state index in [0.717, 1.165) is 29.5 Å². The van der Waals surface area contributed by atoms with E-state index in [1.807, 2.05) is 24.3 Å². The lowest BCUT2D eigenvalue weighted by molar-refractivity contribution is 0.327. The van der Waals surface area contributed by atoms with Gasteiger partial charge in [-0.15, -0.1) is 0 Å². The number of nitrogens with zero attached hydrogens (tertiary/aromatic N) is 2. The van der Waals surface area contributed by atoms with E-state index in [2.05, 4.69) is 15.5 Å². The first-order valence-electron chi connectivity index (χ1n) is 7.45. The average Bonchev–Trinajstić information content (AvgIpc) is 3.07. The van der Waals surface area contributed by atoms with Gasteiger partial charge in [-0.3, -0.25) is 0 Å². The van der Waals surface area contributed by atoms with Crippen LogP contribution in [0.1, 0.15) is 37.6 Å². The third-order valence-electron chi connectivity index (χ3n) is 4.02. The van der Waals surface area contributed by atoms with Crippen molar-refractivity contribution in [2.75, 3.05) is 6.54 Å². The number of furan rings is 1. The standard InChI is InChI=1S/C16H17N3O2/c1-2-7-13(17-9-5-1)16-18-15(19-21-16)12-10-20-14-8-4-3-6-11(12)14/h3-4,6,8,10,13,17H,1-2,5,7,9H2. The Balaban J connectivity index is 1.67. The highest BCUT2D eigenvalue weighted by Gasteiger charge is 2.21. The molecule has 1 saturated heterocycles. The Labute approximate surface area is 122 Å². The van der Waals surface area contributed by atoms with Crippen molar-refractivity contribution in [1.29, 1.82) is 0 Å². The van der Waals surface area contributed by atoms with Gasteiger partial charge in [-0.25, -0.2) is 0 Å². The maximum absolute atomic E-state index is 5.54. The number of hydrogen-bond donors (Lipinski definition) is 1. The Morgan fingerprint density at radius 1 is 1.14 bits per heavy atom. The summed E-state index contributed by atoms with van der Waals surface area (Å²) < 4.78 is 11.0. The lowest BCUT2D eigenvalue weighted by atomic mass is 10.1. The molecule has 21 heavy (non-hydrogen) atoms. The fraction of sp³-hybridized carbons (Fsp3) is 0.375. The predicted octanol–water partition coefficient (Wildman–Crippen LogP) is 3.69. The van der Waals surface area contributed by atoms with Gasteiger partial charge in [-0.1, -0.05) is 36.2 Å². The van der Waals surface area contributed by atoms with Crippen molar-refractivity contribution in [3.8, 4) is 11.4 Å². The summed E-state index contributed by atoms with van der Waals surface area (Å²) in [5, 5.41) is 8.62. The Morgan fingerprint density at radius 3 is 3.10 bits per heavy atom.